The molecule has 2 aliphatic rings. The highest BCUT2D eigenvalue weighted by atomic mass is 28.4. The minimum atomic E-state index is -1.81. The van der Waals surface area contributed by atoms with E-state index in [0.29, 0.717) is 17.9 Å². The Morgan fingerprint density at radius 2 is 1.88 bits per heavy atom. The van der Waals surface area contributed by atoms with Crippen molar-refractivity contribution in [2.24, 2.45) is 11.3 Å². The Kier molecular flexibility index (Phi) is 5.11. The Hall–Kier alpha value is -0.803. The Balaban J connectivity index is 1.86. The molecule has 0 unspecified atom stereocenters. The first-order valence-corrected chi connectivity index (χ1v) is 13.3. The second kappa shape index (κ2) is 6.67. The van der Waals surface area contributed by atoms with E-state index in [4.69, 9.17) is 9.16 Å². The highest BCUT2D eigenvalue weighted by Gasteiger charge is 2.54. The van der Waals surface area contributed by atoms with Crippen LogP contribution in [0.4, 0.5) is 0 Å². The van der Waals surface area contributed by atoms with Crippen molar-refractivity contribution in [3.8, 4) is 5.75 Å². The van der Waals surface area contributed by atoms with Crippen LogP contribution in [0.5, 0.6) is 5.75 Å². The maximum absolute atomic E-state index is 7.07. The molecule has 0 saturated heterocycles. The van der Waals surface area contributed by atoms with E-state index in [2.05, 4.69) is 65.9 Å². The van der Waals surface area contributed by atoms with Gasteiger partial charge in [0, 0.05) is 0 Å². The first kappa shape index (κ1) is 19.9. The molecule has 1 aromatic rings. The molecular weight excluding hydrogens is 336 g/mol. The van der Waals surface area contributed by atoms with Crippen LogP contribution in [0.15, 0.2) is 18.2 Å². The first-order chi connectivity index (χ1) is 12.0. The molecule has 1 saturated carbocycles. The van der Waals surface area contributed by atoms with Gasteiger partial charge in [0.25, 0.3) is 0 Å². The molecule has 0 amide bonds. The molecule has 2 nitrogen and oxygen atoms in total. The zero-order valence-corrected chi connectivity index (χ0v) is 19.1. The van der Waals surface area contributed by atoms with Gasteiger partial charge in [-0.15, -0.1) is 0 Å². The number of hydrogen-bond donors (Lipinski definition) is 0. The lowest BCUT2D eigenvalue weighted by molar-refractivity contribution is 0.0520. The number of ether oxygens (including phenoxy) is 1. The van der Waals surface area contributed by atoms with Gasteiger partial charge in [-0.05, 0) is 84.3 Å². The Bertz CT molecular complexity index is 664. The van der Waals surface area contributed by atoms with Crippen molar-refractivity contribution in [2.75, 3.05) is 7.11 Å². The van der Waals surface area contributed by atoms with Crippen LogP contribution in [-0.4, -0.2) is 21.5 Å². The number of rotatable bonds is 5. The summed E-state index contributed by atoms with van der Waals surface area (Å²) in [4.78, 5) is 0. The van der Waals surface area contributed by atoms with E-state index in [1.807, 2.05) is 0 Å². The average molecular weight is 375 g/mol. The lowest BCUT2D eigenvalue weighted by atomic mass is 9.66. The fourth-order valence-corrected chi connectivity index (χ4v) is 7.91. The van der Waals surface area contributed by atoms with Crippen LogP contribution in [0.2, 0.25) is 18.1 Å². The van der Waals surface area contributed by atoms with Crippen molar-refractivity contribution in [1.29, 1.82) is 0 Å². The van der Waals surface area contributed by atoms with E-state index < -0.39 is 8.32 Å². The molecule has 0 aromatic heterocycles. The van der Waals surface area contributed by atoms with Gasteiger partial charge in [-0.2, -0.15) is 0 Å². The molecule has 1 aromatic carbocycles. The van der Waals surface area contributed by atoms with E-state index in [-0.39, 0.29) is 10.5 Å². The molecule has 2 aliphatic carbocycles. The fraction of sp³-hybridized carbons (Fsp3) is 0.739. The number of methoxy groups -OCH3 is 1. The van der Waals surface area contributed by atoms with Crippen molar-refractivity contribution in [1.82, 2.24) is 0 Å². The van der Waals surface area contributed by atoms with E-state index >= 15 is 0 Å². The molecule has 3 heteroatoms. The summed E-state index contributed by atoms with van der Waals surface area (Å²) < 4.78 is 12.5. The standard InChI is InChI=1S/C23H38O2Si/c1-16(2)22(3,4)26(7,8)25-21-12-11-20-19-10-9-18(24-6)15-17(19)13-14-23(20,21)5/h9-10,15-16,20-21H,11-14H2,1-8H3/t20-,21+,23-/m1/s1. The van der Waals surface area contributed by atoms with Crippen molar-refractivity contribution >= 4 is 8.32 Å². The highest BCUT2D eigenvalue weighted by molar-refractivity contribution is 6.74. The summed E-state index contributed by atoms with van der Waals surface area (Å²) in [5, 5.41) is 0.279. The van der Waals surface area contributed by atoms with Crippen LogP contribution in [0, 0.1) is 11.3 Å². The summed E-state index contributed by atoms with van der Waals surface area (Å²) in [5.74, 6) is 2.27. The molecule has 0 N–H and O–H groups in total. The summed E-state index contributed by atoms with van der Waals surface area (Å²) >= 11 is 0. The predicted octanol–water partition coefficient (Wildman–Crippen LogP) is 6.55. The van der Waals surface area contributed by atoms with Gasteiger partial charge >= 0.3 is 0 Å². The molecule has 3 rings (SSSR count). The third-order valence-electron chi connectivity index (χ3n) is 8.34. The fourth-order valence-electron chi connectivity index (χ4n) is 5.11. The zero-order chi connectivity index (χ0) is 19.3. The van der Waals surface area contributed by atoms with E-state index in [1.54, 1.807) is 12.7 Å². The SMILES string of the molecule is COc1ccc2c(c1)CC[C@@]1(C)[C@@H](O[Si](C)(C)C(C)(C)C(C)C)CC[C@H]21. The molecule has 3 atom stereocenters. The molecule has 0 spiro atoms. The number of fused-ring (bicyclic) bond motifs is 3. The monoisotopic (exact) mass is 374 g/mol. The van der Waals surface area contributed by atoms with Crippen molar-refractivity contribution in [3.05, 3.63) is 29.3 Å². The maximum atomic E-state index is 7.07. The van der Waals surface area contributed by atoms with E-state index in [0.717, 1.165) is 12.2 Å². The molecule has 0 radical (unpaired) electrons. The molecule has 146 valence electrons. The van der Waals surface area contributed by atoms with Crippen LogP contribution in [0.1, 0.15) is 70.9 Å². The zero-order valence-electron chi connectivity index (χ0n) is 18.1. The van der Waals surface area contributed by atoms with Crippen molar-refractivity contribution < 1.29 is 9.16 Å². The van der Waals surface area contributed by atoms with Crippen LogP contribution >= 0.6 is 0 Å². The predicted molar refractivity (Wildman–Crippen MR) is 113 cm³/mol. The third-order valence-corrected chi connectivity index (χ3v) is 12.9. The van der Waals surface area contributed by atoms with Gasteiger partial charge in [0.1, 0.15) is 5.75 Å². The van der Waals surface area contributed by atoms with Crippen LogP contribution in [0.25, 0.3) is 0 Å². The largest absolute Gasteiger partial charge is 0.497 e. The lowest BCUT2D eigenvalue weighted by Crippen LogP contribution is -2.50. The third kappa shape index (κ3) is 3.05. The summed E-state index contributed by atoms with van der Waals surface area (Å²) in [6.07, 6.45) is 5.25. The number of benzene rings is 1. The summed E-state index contributed by atoms with van der Waals surface area (Å²) in [7, 11) is -0.0475. The van der Waals surface area contributed by atoms with Gasteiger partial charge in [-0.1, -0.05) is 40.7 Å². The highest BCUT2D eigenvalue weighted by Crippen LogP contribution is 2.58. The first-order valence-electron chi connectivity index (χ1n) is 10.4. The minimum Gasteiger partial charge on any atom is -0.497 e. The van der Waals surface area contributed by atoms with Crippen LogP contribution in [0.3, 0.4) is 0 Å². The Labute approximate surface area is 161 Å². The Morgan fingerprint density at radius 1 is 1.19 bits per heavy atom. The maximum Gasteiger partial charge on any atom is 0.192 e. The number of aryl methyl sites for hydroxylation is 1. The minimum absolute atomic E-state index is 0.277. The quantitative estimate of drug-likeness (QED) is 0.544. The smallest absolute Gasteiger partial charge is 0.192 e. The summed E-state index contributed by atoms with van der Waals surface area (Å²) in [5.41, 5.74) is 3.32. The van der Waals surface area contributed by atoms with E-state index in [1.165, 1.54) is 24.8 Å². The van der Waals surface area contributed by atoms with Crippen molar-refractivity contribution in [3.63, 3.8) is 0 Å². The van der Waals surface area contributed by atoms with Gasteiger partial charge in [0.15, 0.2) is 8.32 Å². The molecule has 1 fully saturated rings. The number of hydrogen-bond acceptors (Lipinski definition) is 2. The molecule has 0 heterocycles. The molecule has 0 aliphatic heterocycles. The molecule has 26 heavy (non-hydrogen) atoms. The summed E-state index contributed by atoms with van der Waals surface area (Å²) in [6, 6.07) is 6.71. The van der Waals surface area contributed by atoms with Crippen molar-refractivity contribution in [2.45, 2.75) is 90.5 Å². The molecule has 0 bridgehead atoms. The summed E-state index contributed by atoms with van der Waals surface area (Å²) in [6.45, 7) is 16.9. The topological polar surface area (TPSA) is 18.5 Å². The van der Waals surface area contributed by atoms with E-state index in [9.17, 15) is 0 Å². The van der Waals surface area contributed by atoms with Crippen LogP contribution < -0.4 is 4.74 Å². The lowest BCUT2D eigenvalue weighted by Gasteiger charge is -2.48. The van der Waals surface area contributed by atoms with Gasteiger partial charge < -0.3 is 9.16 Å². The molecular formula is C23H38O2Si. The van der Waals surface area contributed by atoms with Gasteiger partial charge in [-0.3, -0.25) is 0 Å². The van der Waals surface area contributed by atoms with Crippen LogP contribution in [-0.2, 0) is 10.8 Å². The average Bonchev–Trinajstić information content (AvgIpc) is 2.90. The second-order valence-electron chi connectivity index (χ2n) is 10.2. The Morgan fingerprint density at radius 3 is 2.50 bits per heavy atom. The van der Waals surface area contributed by atoms with Gasteiger partial charge in [-0.25, -0.2) is 0 Å². The van der Waals surface area contributed by atoms with Gasteiger partial charge in [0.2, 0.25) is 0 Å². The normalized spacial score (nSPS) is 28.8. The second-order valence-corrected chi connectivity index (χ2v) is 14.7. The van der Waals surface area contributed by atoms with Gasteiger partial charge in [0.05, 0.1) is 13.2 Å².